The van der Waals surface area contributed by atoms with Gasteiger partial charge in [-0.15, -0.1) is 0 Å². The monoisotopic (exact) mass is 333 g/mol. The Morgan fingerprint density at radius 3 is 2.13 bits per heavy atom. The van der Waals surface area contributed by atoms with Gasteiger partial charge in [0.25, 0.3) is 10.0 Å². The number of amides is 2. The van der Waals surface area contributed by atoms with Gasteiger partial charge in [-0.3, -0.25) is 4.72 Å². The summed E-state index contributed by atoms with van der Waals surface area (Å²) >= 11 is 0. The zero-order valence-corrected chi connectivity index (χ0v) is 14.0. The van der Waals surface area contributed by atoms with Crippen LogP contribution in [0.2, 0.25) is 0 Å². The molecule has 0 unspecified atom stereocenters. The van der Waals surface area contributed by atoms with Crippen LogP contribution >= 0.6 is 0 Å². The molecule has 0 aromatic heterocycles. The summed E-state index contributed by atoms with van der Waals surface area (Å²) in [6.07, 6.45) is 0. The second-order valence-electron chi connectivity index (χ2n) is 5.40. The molecular weight excluding hydrogens is 314 g/mol. The van der Waals surface area contributed by atoms with Crippen molar-refractivity contribution in [3.63, 3.8) is 0 Å². The Morgan fingerprint density at radius 1 is 1.00 bits per heavy atom. The van der Waals surface area contributed by atoms with Crippen molar-refractivity contribution in [2.45, 2.75) is 25.7 Å². The fraction of sp³-hybridized carbons (Fsp3) is 0.188. The topological polar surface area (TPSA) is 101 Å². The fourth-order valence-corrected chi connectivity index (χ4v) is 4.10. The van der Waals surface area contributed by atoms with E-state index in [0.717, 1.165) is 5.56 Å². The molecule has 23 heavy (non-hydrogen) atoms. The van der Waals surface area contributed by atoms with E-state index in [2.05, 4.69) is 10.0 Å². The molecule has 0 heterocycles. The van der Waals surface area contributed by atoms with E-state index in [4.69, 9.17) is 5.73 Å². The van der Waals surface area contributed by atoms with Crippen LogP contribution in [0.5, 0.6) is 0 Å². The lowest BCUT2D eigenvalue weighted by molar-refractivity contribution is 0.259. The standard InChI is InChI=1S/C16H19N3O3S/c1-10-7-11(2)15(12(3)8-10)23(21,22)19-14-6-4-5-13(9-14)18-16(17)20/h4-9,19H,1-3H3,(H3,17,18,20). The first kappa shape index (κ1) is 16.8. The first-order chi connectivity index (χ1) is 10.7. The lowest BCUT2D eigenvalue weighted by Crippen LogP contribution is -2.19. The van der Waals surface area contributed by atoms with Gasteiger partial charge in [-0.2, -0.15) is 0 Å². The van der Waals surface area contributed by atoms with Crippen molar-refractivity contribution in [1.82, 2.24) is 0 Å². The Morgan fingerprint density at radius 2 is 1.57 bits per heavy atom. The summed E-state index contributed by atoms with van der Waals surface area (Å²) in [6, 6.07) is 9.28. The predicted molar refractivity (Wildman–Crippen MR) is 91.1 cm³/mol. The van der Waals surface area contributed by atoms with E-state index in [-0.39, 0.29) is 4.90 Å². The van der Waals surface area contributed by atoms with Crippen molar-refractivity contribution in [3.05, 3.63) is 53.1 Å². The van der Waals surface area contributed by atoms with Gasteiger partial charge >= 0.3 is 6.03 Å². The third-order valence-corrected chi connectivity index (χ3v) is 4.94. The molecule has 0 spiro atoms. The van der Waals surface area contributed by atoms with Crippen molar-refractivity contribution in [3.8, 4) is 0 Å². The Balaban J connectivity index is 2.38. The molecule has 2 amide bonds. The maximum absolute atomic E-state index is 12.7. The van der Waals surface area contributed by atoms with Crippen molar-refractivity contribution < 1.29 is 13.2 Å². The van der Waals surface area contributed by atoms with Gasteiger partial charge in [0.1, 0.15) is 0 Å². The van der Waals surface area contributed by atoms with Crippen molar-refractivity contribution in [1.29, 1.82) is 0 Å². The van der Waals surface area contributed by atoms with Crippen LogP contribution in [-0.2, 0) is 10.0 Å². The van der Waals surface area contributed by atoms with Crippen LogP contribution in [0.3, 0.4) is 0 Å². The molecule has 0 aliphatic heterocycles. The average Bonchev–Trinajstić information content (AvgIpc) is 2.35. The molecular formula is C16H19N3O3S. The van der Waals surface area contributed by atoms with Crippen molar-refractivity contribution in [2.75, 3.05) is 10.0 Å². The summed E-state index contributed by atoms with van der Waals surface area (Å²) in [4.78, 5) is 11.1. The second kappa shape index (κ2) is 6.29. The summed E-state index contributed by atoms with van der Waals surface area (Å²) in [6.45, 7) is 5.45. The normalized spacial score (nSPS) is 11.1. The van der Waals surface area contributed by atoms with Gasteiger partial charge in [-0.25, -0.2) is 13.2 Å². The minimum absolute atomic E-state index is 0.261. The zero-order chi connectivity index (χ0) is 17.2. The number of sulfonamides is 1. The molecule has 2 aromatic rings. The quantitative estimate of drug-likeness (QED) is 0.801. The smallest absolute Gasteiger partial charge is 0.316 e. The number of anilines is 2. The number of primary amides is 1. The van der Waals surface area contributed by atoms with Gasteiger partial charge in [0, 0.05) is 5.69 Å². The summed E-state index contributed by atoms with van der Waals surface area (Å²) in [5, 5.41) is 2.40. The van der Waals surface area contributed by atoms with Crippen LogP contribution in [0, 0.1) is 20.8 Å². The number of nitrogens with two attached hydrogens (primary N) is 1. The summed E-state index contributed by atoms with van der Waals surface area (Å²) in [5.74, 6) is 0. The molecule has 0 saturated carbocycles. The van der Waals surface area contributed by atoms with Gasteiger partial charge in [0.15, 0.2) is 0 Å². The highest BCUT2D eigenvalue weighted by Crippen LogP contribution is 2.25. The first-order valence-electron chi connectivity index (χ1n) is 6.96. The Kier molecular flexibility index (Phi) is 4.60. The predicted octanol–water partition coefficient (Wildman–Crippen LogP) is 2.90. The van der Waals surface area contributed by atoms with Crippen molar-refractivity contribution >= 4 is 27.4 Å². The third kappa shape index (κ3) is 4.01. The number of carbonyl (C=O) groups is 1. The molecule has 0 radical (unpaired) electrons. The minimum atomic E-state index is -3.73. The van der Waals surface area contributed by atoms with Crippen LogP contribution in [0.25, 0.3) is 0 Å². The van der Waals surface area contributed by atoms with Crippen LogP contribution in [0.15, 0.2) is 41.3 Å². The van der Waals surface area contributed by atoms with Gasteiger partial charge < -0.3 is 11.1 Å². The molecule has 0 atom stereocenters. The molecule has 2 aromatic carbocycles. The van der Waals surface area contributed by atoms with E-state index in [9.17, 15) is 13.2 Å². The maximum Gasteiger partial charge on any atom is 0.316 e. The lowest BCUT2D eigenvalue weighted by atomic mass is 10.1. The summed E-state index contributed by atoms with van der Waals surface area (Å²) in [5.41, 5.74) is 8.18. The molecule has 4 N–H and O–H groups in total. The van der Waals surface area contributed by atoms with E-state index in [0.29, 0.717) is 22.5 Å². The average molecular weight is 333 g/mol. The molecule has 0 aliphatic rings. The molecule has 0 fully saturated rings. The number of urea groups is 1. The highest BCUT2D eigenvalue weighted by atomic mass is 32.2. The third-order valence-electron chi connectivity index (χ3n) is 3.26. The Bertz CT molecular complexity index is 838. The minimum Gasteiger partial charge on any atom is -0.351 e. The molecule has 6 nitrogen and oxygen atoms in total. The van der Waals surface area contributed by atoms with Gasteiger partial charge in [-0.05, 0) is 50.1 Å². The number of aryl methyl sites for hydroxylation is 3. The van der Waals surface area contributed by atoms with Crippen LogP contribution in [0.1, 0.15) is 16.7 Å². The number of rotatable bonds is 4. The molecule has 0 aliphatic carbocycles. The van der Waals surface area contributed by atoms with Crippen LogP contribution < -0.4 is 15.8 Å². The molecule has 0 saturated heterocycles. The second-order valence-corrected chi connectivity index (χ2v) is 7.02. The van der Waals surface area contributed by atoms with Gasteiger partial charge in [-0.1, -0.05) is 23.8 Å². The van der Waals surface area contributed by atoms with Gasteiger partial charge in [0.05, 0.1) is 10.6 Å². The van der Waals surface area contributed by atoms with Crippen molar-refractivity contribution in [2.24, 2.45) is 5.73 Å². The Labute approximate surface area is 135 Å². The van der Waals surface area contributed by atoms with E-state index < -0.39 is 16.1 Å². The van der Waals surface area contributed by atoms with E-state index in [1.165, 1.54) is 6.07 Å². The SMILES string of the molecule is Cc1cc(C)c(S(=O)(=O)Nc2cccc(NC(N)=O)c2)c(C)c1. The van der Waals surface area contributed by atoms with E-state index in [1.807, 2.05) is 19.1 Å². The summed E-state index contributed by atoms with van der Waals surface area (Å²) < 4.78 is 27.9. The zero-order valence-electron chi connectivity index (χ0n) is 13.2. The highest BCUT2D eigenvalue weighted by Gasteiger charge is 2.20. The first-order valence-corrected chi connectivity index (χ1v) is 8.44. The molecule has 0 bridgehead atoms. The largest absolute Gasteiger partial charge is 0.351 e. The Hall–Kier alpha value is -2.54. The molecule has 122 valence electrons. The summed E-state index contributed by atoms with van der Waals surface area (Å²) in [7, 11) is -3.73. The lowest BCUT2D eigenvalue weighted by Gasteiger charge is -2.14. The number of benzene rings is 2. The van der Waals surface area contributed by atoms with Gasteiger partial charge in [0.2, 0.25) is 0 Å². The maximum atomic E-state index is 12.7. The molecule has 7 heteroatoms. The number of hydrogen-bond donors (Lipinski definition) is 3. The highest BCUT2D eigenvalue weighted by molar-refractivity contribution is 7.92. The number of nitrogens with one attached hydrogen (secondary N) is 2. The van der Waals surface area contributed by atoms with E-state index in [1.54, 1.807) is 32.0 Å². The molecule has 2 rings (SSSR count). The van der Waals surface area contributed by atoms with Crippen LogP contribution in [0.4, 0.5) is 16.2 Å². The fourth-order valence-electron chi connectivity index (χ4n) is 2.60. The van der Waals surface area contributed by atoms with E-state index >= 15 is 0 Å². The number of hydrogen-bond acceptors (Lipinski definition) is 3. The van der Waals surface area contributed by atoms with Crippen LogP contribution in [-0.4, -0.2) is 14.4 Å². The number of carbonyl (C=O) groups excluding carboxylic acids is 1.